The number of rotatable bonds is 5. The van der Waals surface area contributed by atoms with Gasteiger partial charge in [0, 0.05) is 38.9 Å². The fourth-order valence-corrected chi connectivity index (χ4v) is 2.64. The molecule has 1 aliphatic rings. The summed E-state index contributed by atoms with van der Waals surface area (Å²) < 4.78 is 5.53. The van der Waals surface area contributed by atoms with Crippen molar-refractivity contribution in [1.29, 1.82) is 0 Å². The molecule has 2 rings (SSSR count). The first-order valence-electron chi connectivity index (χ1n) is 7.68. The number of nitrogens with zero attached hydrogens (tertiary/aromatic N) is 3. The van der Waals surface area contributed by atoms with E-state index in [0.29, 0.717) is 12.5 Å². The van der Waals surface area contributed by atoms with E-state index >= 15 is 0 Å². The quantitative estimate of drug-likeness (QED) is 0.664. The largest absolute Gasteiger partial charge is 0.381 e. The summed E-state index contributed by atoms with van der Waals surface area (Å²) in [6, 6.07) is 4.05. The Bertz CT molecular complexity index is 475. The third-order valence-corrected chi connectivity index (χ3v) is 3.89. The number of ether oxygens (including phenoxy) is 1. The maximum absolute atomic E-state index is 5.53. The summed E-state index contributed by atoms with van der Waals surface area (Å²) in [5.74, 6) is 1.57. The Morgan fingerprint density at radius 2 is 2.43 bits per heavy atom. The summed E-state index contributed by atoms with van der Waals surface area (Å²) in [6.07, 6.45) is 3.00. The first-order chi connectivity index (χ1) is 10.2. The summed E-state index contributed by atoms with van der Waals surface area (Å²) in [7, 11) is 1.84. The van der Waals surface area contributed by atoms with Gasteiger partial charge in [0.05, 0.1) is 18.8 Å². The highest BCUT2D eigenvalue weighted by Gasteiger charge is 2.24. The highest BCUT2D eigenvalue weighted by molar-refractivity contribution is 5.80. The van der Waals surface area contributed by atoms with Gasteiger partial charge in [0.2, 0.25) is 0 Å². The third-order valence-electron chi connectivity index (χ3n) is 3.89. The normalized spacial score (nSPS) is 19.1. The zero-order valence-corrected chi connectivity index (χ0v) is 13.3. The molecule has 1 fully saturated rings. The van der Waals surface area contributed by atoms with Gasteiger partial charge in [0.15, 0.2) is 5.96 Å². The zero-order valence-electron chi connectivity index (χ0n) is 13.3. The molecule has 1 aromatic heterocycles. The molecular formula is C16H26N4O. The lowest BCUT2D eigenvalue weighted by atomic mass is 10.1. The lowest BCUT2D eigenvalue weighted by molar-refractivity contribution is 0.114. The molecule has 5 nitrogen and oxygen atoms in total. The summed E-state index contributed by atoms with van der Waals surface area (Å²) >= 11 is 0. The maximum atomic E-state index is 5.53. The number of guanidine groups is 1. The van der Waals surface area contributed by atoms with E-state index in [1.807, 2.05) is 26.2 Å². The first kappa shape index (κ1) is 15.8. The van der Waals surface area contributed by atoms with Crippen molar-refractivity contribution < 1.29 is 4.74 Å². The van der Waals surface area contributed by atoms with Crippen molar-refractivity contribution >= 4 is 5.96 Å². The first-order valence-corrected chi connectivity index (χ1v) is 7.68. The van der Waals surface area contributed by atoms with Gasteiger partial charge < -0.3 is 15.0 Å². The van der Waals surface area contributed by atoms with Gasteiger partial charge in [-0.05, 0) is 31.9 Å². The smallest absolute Gasteiger partial charge is 0.193 e. The van der Waals surface area contributed by atoms with Gasteiger partial charge in [-0.25, -0.2) is 0 Å². The molecule has 5 heteroatoms. The minimum Gasteiger partial charge on any atom is -0.381 e. The van der Waals surface area contributed by atoms with Gasteiger partial charge in [-0.2, -0.15) is 0 Å². The fourth-order valence-electron chi connectivity index (χ4n) is 2.64. The van der Waals surface area contributed by atoms with Crippen LogP contribution in [0.4, 0.5) is 0 Å². The van der Waals surface area contributed by atoms with Crippen molar-refractivity contribution in [2.24, 2.45) is 10.9 Å². The molecule has 0 radical (unpaired) electrons. The molecule has 1 atom stereocenters. The van der Waals surface area contributed by atoms with Gasteiger partial charge in [-0.3, -0.25) is 9.98 Å². The second-order valence-corrected chi connectivity index (χ2v) is 5.43. The monoisotopic (exact) mass is 290 g/mol. The van der Waals surface area contributed by atoms with E-state index in [2.05, 4.69) is 33.2 Å². The van der Waals surface area contributed by atoms with E-state index in [4.69, 9.17) is 4.74 Å². The Labute approximate surface area is 127 Å². The van der Waals surface area contributed by atoms with Crippen LogP contribution in [-0.2, 0) is 11.3 Å². The number of pyridine rings is 1. The number of nitrogens with one attached hydrogen (secondary N) is 1. The van der Waals surface area contributed by atoms with E-state index < -0.39 is 0 Å². The molecule has 0 bridgehead atoms. The van der Waals surface area contributed by atoms with Crippen molar-refractivity contribution in [1.82, 2.24) is 15.2 Å². The van der Waals surface area contributed by atoms with Crippen LogP contribution in [0.3, 0.4) is 0 Å². The standard InChI is InChI=1S/C16H26N4O/c1-4-21-12-14-7-9-20(11-14)16(17-3)19-10-15-13(2)6-5-8-18-15/h5-6,8,14H,4,7,9-12H2,1-3H3,(H,17,19). The number of hydrogen-bond donors (Lipinski definition) is 1. The second-order valence-electron chi connectivity index (χ2n) is 5.43. The number of aryl methyl sites for hydroxylation is 1. The van der Waals surface area contributed by atoms with E-state index in [0.717, 1.165) is 38.0 Å². The predicted molar refractivity (Wildman–Crippen MR) is 85.3 cm³/mol. The molecule has 1 aliphatic heterocycles. The molecule has 0 spiro atoms. The predicted octanol–water partition coefficient (Wildman–Crippen LogP) is 1.82. The molecule has 0 saturated carbocycles. The van der Waals surface area contributed by atoms with E-state index in [1.54, 1.807) is 0 Å². The highest BCUT2D eigenvalue weighted by atomic mass is 16.5. The van der Waals surface area contributed by atoms with E-state index in [1.165, 1.54) is 12.0 Å². The van der Waals surface area contributed by atoms with Crippen LogP contribution in [0.2, 0.25) is 0 Å². The molecule has 1 saturated heterocycles. The zero-order chi connectivity index (χ0) is 15.1. The van der Waals surface area contributed by atoms with Gasteiger partial charge in [-0.1, -0.05) is 6.07 Å². The van der Waals surface area contributed by atoms with Crippen molar-refractivity contribution in [3.05, 3.63) is 29.6 Å². The third kappa shape index (κ3) is 4.43. The Kier molecular flexibility index (Phi) is 5.99. The molecule has 2 heterocycles. The molecule has 0 amide bonds. The summed E-state index contributed by atoms with van der Waals surface area (Å²) in [5.41, 5.74) is 2.28. The van der Waals surface area contributed by atoms with Crippen LogP contribution >= 0.6 is 0 Å². The molecule has 1 N–H and O–H groups in total. The van der Waals surface area contributed by atoms with Crippen LogP contribution in [0.5, 0.6) is 0 Å². The molecule has 1 unspecified atom stereocenters. The average molecular weight is 290 g/mol. The Morgan fingerprint density at radius 1 is 1.57 bits per heavy atom. The summed E-state index contributed by atoms with van der Waals surface area (Å²) in [5, 5.41) is 3.42. The lowest BCUT2D eigenvalue weighted by Gasteiger charge is -2.22. The van der Waals surface area contributed by atoms with Gasteiger partial charge in [0.25, 0.3) is 0 Å². The van der Waals surface area contributed by atoms with Crippen molar-refractivity contribution in [3.8, 4) is 0 Å². The lowest BCUT2D eigenvalue weighted by Crippen LogP contribution is -2.40. The minimum atomic E-state index is 0.611. The van der Waals surface area contributed by atoms with Gasteiger partial charge in [0.1, 0.15) is 0 Å². The van der Waals surface area contributed by atoms with Crippen LogP contribution in [0, 0.1) is 12.8 Å². The van der Waals surface area contributed by atoms with Crippen LogP contribution in [-0.4, -0.2) is 49.2 Å². The molecule has 1 aromatic rings. The molecule has 21 heavy (non-hydrogen) atoms. The number of likely N-dealkylation sites (tertiary alicyclic amines) is 1. The minimum absolute atomic E-state index is 0.611. The van der Waals surface area contributed by atoms with Crippen LogP contribution in [0.1, 0.15) is 24.6 Å². The van der Waals surface area contributed by atoms with Crippen molar-refractivity contribution in [3.63, 3.8) is 0 Å². The van der Waals surface area contributed by atoms with Crippen LogP contribution < -0.4 is 5.32 Å². The topological polar surface area (TPSA) is 49.8 Å². The fraction of sp³-hybridized carbons (Fsp3) is 0.625. The van der Waals surface area contributed by atoms with Gasteiger partial charge >= 0.3 is 0 Å². The molecule has 116 valence electrons. The molecule has 0 aliphatic carbocycles. The maximum Gasteiger partial charge on any atom is 0.193 e. The highest BCUT2D eigenvalue weighted by Crippen LogP contribution is 2.16. The average Bonchev–Trinajstić information content (AvgIpc) is 2.96. The van der Waals surface area contributed by atoms with Crippen molar-refractivity contribution in [2.45, 2.75) is 26.8 Å². The van der Waals surface area contributed by atoms with E-state index in [9.17, 15) is 0 Å². The SMILES string of the molecule is CCOCC1CCN(C(=NC)NCc2ncccc2C)C1. The van der Waals surface area contributed by atoms with E-state index in [-0.39, 0.29) is 0 Å². The summed E-state index contributed by atoms with van der Waals surface area (Å²) in [6.45, 7) is 8.54. The Hall–Kier alpha value is -1.62. The van der Waals surface area contributed by atoms with Gasteiger partial charge in [-0.15, -0.1) is 0 Å². The molecule has 0 aromatic carbocycles. The number of hydrogen-bond acceptors (Lipinski definition) is 3. The Balaban J connectivity index is 1.86. The summed E-state index contributed by atoms with van der Waals surface area (Å²) in [4.78, 5) is 11.1. The van der Waals surface area contributed by atoms with Crippen LogP contribution in [0.25, 0.3) is 0 Å². The Morgan fingerprint density at radius 3 is 3.14 bits per heavy atom. The second kappa shape index (κ2) is 7.98. The number of aliphatic imine (C=N–C) groups is 1. The molecular weight excluding hydrogens is 264 g/mol. The van der Waals surface area contributed by atoms with Crippen LogP contribution in [0.15, 0.2) is 23.3 Å². The number of aromatic nitrogens is 1. The van der Waals surface area contributed by atoms with Crippen molar-refractivity contribution in [2.75, 3.05) is 33.4 Å².